The van der Waals surface area contributed by atoms with Crippen LogP contribution in [0, 0.1) is 5.41 Å². The average Bonchev–Trinajstić information content (AvgIpc) is 3.34. The predicted octanol–water partition coefficient (Wildman–Crippen LogP) is 6.64. The van der Waals surface area contributed by atoms with Crippen molar-refractivity contribution in [3.8, 4) is 0 Å². The van der Waals surface area contributed by atoms with Crippen LogP contribution in [0.5, 0.6) is 0 Å². The first kappa shape index (κ1) is 21.0. The predicted molar refractivity (Wildman–Crippen MR) is 109 cm³/mol. The van der Waals surface area contributed by atoms with Gasteiger partial charge >= 0.3 is 0 Å². The van der Waals surface area contributed by atoms with Crippen LogP contribution in [0.2, 0.25) is 0 Å². The standard InChI is InChI=1S/C24H38O2/c1-23(2,3)15-8-4-6-11-21-13-10-14-22(19-21)12-7-5-9-16-24(17-18-24)26-20-25/h10,13-14,19-20H,4-9,11-12,15-18H2,1-3H3. The number of hydrogen-bond donors (Lipinski definition) is 0. The Morgan fingerprint density at radius 1 is 0.962 bits per heavy atom. The summed E-state index contributed by atoms with van der Waals surface area (Å²) in [5.41, 5.74) is 3.37. The number of unbranched alkanes of at least 4 members (excludes halogenated alkanes) is 4. The van der Waals surface area contributed by atoms with E-state index in [0.29, 0.717) is 11.9 Å². The van der Waals surface area contributed by atoms with Crippen LogP contribution in [0.1, 0.15) is 96.1 Å². The van der Waals surface area contributed by atoms with Gasteiger partial charge in [-0.15, -0.1) is 0 Å². The van der Waals surface area contributed by atoms with E-state index in [0.717, 1.165) is 19.3 Å². The quantitative estimate of drug-likeness (QED) is 0.292. The summed E-state index contributed by atoms with van der Waals surface area (Å²) in [6, 6.07) is 9.17. The van der Waals surface area contributed by atoms with Crippen molar-refractivity contribution in [1.29, 1.82) is 0 Å². The number of benzene rings is 1. The lowest BCUT2D eigenvalue weighted by molar-refractivity contribution is -0.135. The topological polar surface area (TPSA) is 26.3 Å². The Morgan fingerprint density at radius 3 is 2.12 bits per heavy atom. The molecule has 0 aliphatic heterocycles. The fourth-order valence-corrected chi connectivity index (χ4v) is 3.72. The SMILES string of the molecule is CC(C)(C)CCCCCc1cccc(CCCCCC2(OC=O)CC2)c1. The van der Waals surface area contributed by atoms with Gasteiger partial charge < -0.3 is 4.74 Å². The third-order valence-electron chi connectivity index (χ3n) is 5.59. The van der Waals surface area contributed by atoms with Crippen molar-refractivity contribution in [1.82, 2.24) is 0 Å². The first-order valence-electron chi connectivity index (χ1n) is 10.6. The highest BCUT2D eigenvalue weighted by atomic mass is 16.5. The number of rotatable bonds is 13. The molecule has 1 fully saturated rings. The second-order valence-electron chi connectivity index (χ2n) is 9.40. The van der Waals surface area contributed by atoms with Crippen molar-refractivity contribution in [2.45, 2.75) is 103 Å². The summed E-state index contributed by atoms with van der Waals surface area (Å²) in [5.74, 6) is 0. The number of carbonyl (C=O) groups is 1. The van der Waals surface area contributed by atoms with Crippen molar-refractivity contribution in [3.63, 3.8) is 0 Å². The van der Waals surface area contributed by atoms with Crippen LogP contribution in [0.25, 0.3) is 0 Å². The molecular weight excluding hydrogens is 320 g/mol. The van der Waals surface area contributed by atoms with Crippen LogP contribution in [0.3, 0.4) is 0 Å². The van der Waals surface area contributed by atoms with E-state index in [9.17, 15) is 4.79 Å². The molecule has 0 unspecified atom stereocenters. The summed E-state index contributed by atoms with van der Waals surface area (Å²) in [6.07, 6.45) is 14.5. The minimum Gasteiger partial charge on any atom is -0.461 e. The van der Waals surface area contributed by atoms with Gasteiger partial charge in [0.1, 0.15) is 5.60 Å². The minimum absolute atomic E-state index is 0.0747. The molecule has 2 nitrogen and oxygen atoms in total. The molecule has 0 radical (unpaired) electrons. The molecule has 0 bridgehead atoms. The number of ether oxygens (including phenoxy) is 1. The van der Waals surface area contributed by atoms with Gasteiger partial charge in [0.05, 0.1) is 0 Å². The molecule has 2 heteroatoms. The van der Waals surface area contributed by atoms with Gasteiger partial charge in [-0.2, -0.15) is 0 Å². The molecule has 1 aliphatic rings. The van der Waals surface area contributed by atoms with E-state index in [1.54, 1.807) is 0 Å². The highest BCUT2D eigenvalue weighted by Crippen LogP contribution is 2.43. The summed E-state index contributed by atoms with van der Waals surface area (Å²) >= 11 is 0. The van der Waals surface area contributed by atoms with Crippen molar-refractivity contribution in [2.24, 2.45) is 5.41 Å². The van der Waals surface area contributed by atoms with Gasteiger partial charge in [0, 0.05) is 0 Å². The Labute approximate surface area is 160 Å². The first-order valence-corrected chi connectivity index (χ1v) is 10.6. The van der Waals surface area contributed by atoms with Crippen LogP contribution in [-0.4, -0.2) is 12.1 Å². The fourth-order valence-electron chi connectivity index (χ4n) is 3.72. The molecule has 2 rings (SSSR count). The van der Waals surface area contributed by atoms with Crippen molar-refractivity contribution < 1.29 is 9.53 Å². The molecule has 0 spiro atoms. The van der Waals surface area contributed by atoms with Crippen LogP contribution >= 0.6 is 0 Å². The monoisotopic (exact) mass is 358 g/mol. The summed E-state index contributed by atoms with van der Waals surface area (Å²) in [4.78, 5) is 10.5. The van der Waals surface area contributed by atoms with Gasteiger partial charge in [-0.25, -0.2) is 0 Å². The van der Waals surface area contributed by atoms with Gasteiger partial charge in [-0.3, -0.25) is 4.79 Å². The zero-order valence-electron chi connectivity index (χ0n) is 17.2. The van der Waals surface area contributed by atoms with E-state index in [2.05, 4.69) is 45.0 Å². The number of aryl methyl sites for hydroxylation is 2. The highest BCUT2D eigenvalue weighted by molar-refractivity contribution is 5.39. The fraction of sp³-hybridized carbons (Fsp3) is 0.708. The lowest BCUT2D eigenvalue weighted by Gasteiger charge is -2.17. The molecule has 1 aromatic rings. The van der Waals surface area contributed by atoms with Crippen LogP contribution in [0.4, 0.5) is 0 Å². The molecule has 1 aromatic carbocycles. The molecular formula is C24H38O2. The van der Waals surface area contributed by atoms with Crippen LogP contribution < -0.4 is 0 Å². The summed E-state index contributed by atoms with van der Waals surface area (Å²) in [5, 5.41) is 0. The summed E-state index contributed by atoms with van der Waals surface area (Å²) in [6.45, 7) is 7.62. The van der Waals surface area contributed by atoms with Gasteiger partial charge in [0.25, 0.3) is 6.47 Å². The molecule has 0 amide bonds. The van der Waals surface area contributed by atoms with E-state index >= 15 is 0 Å². The molecule has 1 aliphatic carbocycles. The number of carbonyl (C=O) groups excluding carboxylic acids is 1. The maximum Gasteiger partial charge on any atom is 0.293 e. The molecule has 0 N–H and O–H groups in total. The molecule has 26 heavy (non-hydrogen) atoms. The van der Waals surface area contributed by atoms with Crippen molar-refractivity contribution >= 4 is 6.47 Å². The normalized spacial score (nSPS) is 15.7. The third kappa shape index (κ3) is 8.38. The Bertz CT molecular complexity index is 537. The van der Waals surface area contributed by atoms with Crippen LogP contribution in [0.15, 0.2) is 24.3 Å². The molecule has 0 aromatic heterocycles. The Balaban J connectivity index is 1.58. The van der Waals surface area contributed by atoms with E-state index in [-0.39, 0.29) is 5.60 Å². The maximum atomic E-state index is 10.5. The molecule has 146 valence electrons. The van der Waals surface area contributed by atoms with Gasteiger partial charge in [0.15, 0.2) is 0 Å². The van der Waals surface area contributed by atoms with E-state index in [1.807, 2.05) is 0 Å². The third-order valence-corrected chi connectivity index (χ3v) is 5.59. The highest BCUT2D eigenvalue weighted by Gasteiger charge is 2.44. The smallest absolute Gasteiger partial charge is 0.293 e. The largest absolute Gasteiger partial charge is 0.461 e. The van der Waals surface area contributed by atoms with Gasteiger partial charge in [-0.05, 0) is 74.3 Å². The minimum atomic E-state index is -0.0747. The second-order valence-corrected chi connectivity index (χ2v) is 9.40. The summed E-state index contributed by atoms with van der Waals surface area (Å²) < 4.78 is 5.21. The molecule has 0 saturated heterocycles. The van der Waals surface area contributed by atoms with Gasteiger partial charge in [-0.1, -0.05) is 64.3 Å². The Morgan fingerprint density at radius 2 is 1.58 bits per heavy atom. The number of hydrogen-bond acceptors (Lipinski definition) is 2. The van der Waals surface area contributed by atoms with Gasteiger partial charge in [0.2, 0.25) is 0 Å². The van der Waals surface area contributed by atoms with Crippen LogP contribution in [-0.2, 0) is 22.4 Å². The molecule has 1 saturated carbocycles. The first-order chi connectivity index (χ1) is 12.4. The van der Waals surface area contributed by atoms with E-state index in [1.165, 1.54) is 68.9 Å². The zero-order chi connectivity index (χ0) is 18.9. The van der Waals surface area contributed by atoms with E-state index < -0.39 is 0 Å². The van der Waals surface area contributed by atoms with Crippen molar-refractivity contribution in [2.75, 3.05) is 0 Å². The molecule has 0 heterocycles. The summed E-state index contributed by atoms with van der Waals surface area (Å²) in [7, 11) is 0. The Kier molecular flexibility index (Phi) is 8.18. The Hall–Kier alpha value is -1.31. The lowest BCUT2D eigenvalue weighted by atomic mass is 9.89. The average molecular weight is 359 g/mol. The zero-order valence-corrected chi connectivity index (χ0v) is 17.2. The second kappa shape index (κ2) is 10.1. The maximum absolute atomic E-state index is 10.5. The molecule has 0 atom stereocenters. The lowest BCUT2D eigenvalue weighted by Crippen LogP contribution is -2.12. The van der Waals surface area contributed by atoms with Crippen molar-refractivity contribution in [3.05, 3.63) is 35.4 Å². The van der Waals surface area contributed by atoms with E-state index in [4.69, 9.17) is 4.74 Å².